The van der Waals surface area contributed by atoms with Crippen LogP contribution in [0, 0.1) is 5.82 Å². The van der Waals surface area contributed by atoms with Crippen LogP contribution in [0.2, 0.25) is 0 Å². The Bertz CT molecular complexity index is 1130. The number of carbonyl (C=O) groups excluding carboxylic acids is 1. The normalized spacial score (nSPS) is 12.7. The molecular weight excluding hydrogens is 351 g/mol. The van der Waals surface area contributed by atoms with Crippen LogP contribution in [0.15, 0.2) is 52.4 Å². The lowest BCUT2D eigenvalue weighted by Crippen LogP contribution is -2.13. The number of rotatable bonds is 2. The fourth-order valence-corrected chi connectivity index (χ4v) is 3.93. The Labute approximate surface area is 141 Å². The predicted octanol–water partition coefficient (Wildman–Crippen LogP) is 2.52. The lowest BCUT2D eigenvalue weighted by atomic mass is 10.2. The van der Waals surface area contributed by atoms with Crippen LogP contribution < -0.4 is 4.80 Å². The quantitative estimate of drug-likeness (QED) is 0.702. The average molecular weight is 364 g/mol. The summed E-state index contributed by atoms with van der Waals surface area (Å²) in [6.07, 6.45) is 1.08. The Balaban J connectivity index is 2.09. The molecule has 0 saturated heterocycles. The molecule has 1 aromatic heterocycles. The van der Waals surface area contributed by atoms with Gasteiger partial charge in [0.05, 0.1) is 15.1 Å². The summed E-state index contributed by atoms with van der Waals surface area (Å²) in [7, 11) is -1.67. The Morgan fingerprint density at radius 3 is 2.67 bits per heavy atom. The molecule has 3 rings (SSSR count). The van der Waals surface area contributed by atoms with Gasteiger partial charge in [-0.25, -0.2) is 12.8 Å². The van der Waals surface area contributed by atoms with Gasteiger partial charge in [-0.3, -0.25) is 4.79 Å². The van der Waals surface area contributed by atoms with Gasteiger partial charge in [0.15, 0.2) is 14.6 Å². The van der Waals surface area contributed by atoms with Gasteiger partial charge in [-0.1, -0.05) is 17.4 Å². The van der Waals surface area contributed by atoms with E-state index in [0.29, 0.717) is 9.50 Å². The van der Waals surface area contributed by atoms with Crippen molar-refractivity contribution in [2.75, 3.05) is 6.26 Å². The van der Waals surface area contributed by atoms with Crippen molar-refractivity contribution in [1.82, 2.24) is 4.57 Å². The number of hydrogen-bond donors (Lipinski definition) is 0. The number of halogens is 1. The molecule has 0 radical (unpaired) electrons. The third kappa shape index (κ3) is 3.15. The van der Waals surface area contributed by atoms with E-state index in [2.05, 4.69) is 4.99 Å². The van der Waals surface area contributed by atoms with Crippen molar-refractivity contribution in [1.29, 1.82) is 0 Å². The van der Waals surface area contributed by atoms with Crippen molar-refractivity contribution >= 4 is 37.3 Å². The second-order valence-electron chi connectivity index (χ2n) is 5.27. The van der Waals surface area contributed by atoms with Crippen molar-refractivity contribution in [3.63, 3.8) is 0 Å². The number of nitrogens with zero attached hydrogens (tertiary/aromatic N) is 2. The summed E-state index contributed by atoms with van der Waals surface area (Å²) in [5, 5.41) is 0. The number of fused-ring (bicyclic) bond motifs is 1. The van der Waals surface area contributed by atoms with E-state index in [1.165, 1.54) is 47.7 Å². The lowest BCUT2D eigenvalue weighted by Gasteiger charge is -2.00. The van der Waals surface area contributed by atoms with Gasteiger partial charge in [0.2, 0.25) is 0 Å². The molecule has 8 heteroatoms. The third-order valence-corrected chi connectivity index (χ3v) is 5.68. The maximum absolute atomic E-state index is 13.3. The van der Waals surface area contributed by atoms with Gasteiger partial charge >= 0.3 is 0 Å². The SMILES string of the molecule is Cn1c(=NC(=O)c2cccc(S(C)(=O)=O)c2)sc2cc(F)ccc21. The van der Waals surface area contributed by atoms with Gasteiger partial charge in [-0.2, -0.15) is 4.99 Å². The third-order valence-electron chi connectivity index (χ3n) is 3.48. The molecule has 0 bridgehead atoms. The maximum Gasteiger partial charge on any atom is 0.279 e. The van der Waals surface area contributed by atoms with E-state index in [9.17, 15) is 17.6 Å². The van der Waals surface area contributed by atoms with Crippen molar-refractivity contribution in [2.45, 2.75) is 4.90 Å². The fraction of sp³-hybridized carbons (Fsp3) is 0.125. The highest BCUT2D eigenvalue weighted by Crippen LogP contribution is 2.18. The number of benzene rings is 2. The van der Waals surface area contributed by atoms with Crippen LogP contribution in [-0.2, 0) is 16.9 Å². The Morgan fingerprint density at radius 2 is 1.96 bits per heavy atom. The van der Waals surface area contributed by atoms with Crippen molar-refractivity contribution in [3.05, 3.63) is 58.6 Å². The summed E-state index contributed by atoms with van der Waals surface area (Å²) in [6.45, 7) is 0. The highest BCUT2D eigenvalue weighted by Gasteiger charge is 2.12. The topological polar surface area (TPSA) is 68.5 Å². The van der Waals surface area contributed by atoms with E-state index in [-0.39, 0.29) is 16.3 Å². The zero-order chi connectivity index (χ0) is 17.5. The molecule has 3 aromatic rings. The summed E-state index contributed by atoms with van der Waals surface area (Å²) >= 11 is 1.19. The van der Waals surface area contributed by atoms with Crippen LogP contribution >= 0.6 is 11.3 Å². The van der Waals surface area contributed by atoms with Gasteiger partial charge in [0.1, 0.15) is 5.82 Å². The number of thiazole rings is 1. The monoisotopic (exact) mass is 364 g/mol. The first-order valence-corrected chi connectivity index (χ1v) is 9.61. The van der Waals surface area contributed by atoms with Crippen molar-refractivity contribution in [3.8, 4) is 0 Å². The molecule has 1 amide bonds. The second-order valence-corrected chi connectivity index (χ2v) is 8.30. The first-order chi connectivity index (χ1) is 11.3. The standard InChI is InChI=1S/C16H13FN2O3S2/c1-19-13-7-6-11(17)9-14(13)23-16(19)18-15(20)10-4-3-5-12(8-10)24(2,21)22/h3-9H,1-2H3. The number of aromatic nitrogens is 1. The van der Waals surface area contributed by atoms with Gasteiger partial charge in [-0.15, -0.1) is 0 Å². The predicted molar refractivity (Wildman–Crippen MR) is 90.2 cm³/mol. The summed E-state index contributed by atoms with van der Waals surface area (Å²) in [5.74, 6) is -0.911. The smallest absolute Gasteiger partial charge is 0.279 e. The molecule has 5 nitrogen and oxygen atoms in total. The van der Waals surface area contributed by atoms with E-state index in [4.69, 9.17) is 0 Å². The van der Waals surface area contributed by atoms with E-state index >= 15 is 0 Å². The van der Waals surface area contributed by atoms with Crippen LogP contribution in [0.1, 0.15) is 10.4 Å². The van der Waals surface area contributed by atoms with Crippen LogP contribution in [0.3, 0.4) is 0 Å². The molecule has 2 aromatic carbocycles. The maximum atomic E-state index is 13.3. The Morgan fingerprint density at radius 1 is 1.21 bits per heavy atom. The molecule has 0 aliphatic heterocycles. The number of aryl methyl sites for hydroxylation is 1. The molecule has 1 heterocycles. The van der Waals surface area contributed by atoms with E-state index in [1.54, 1.807) is 17.7 Å². The summed E-state index contributed by atoms with van der Waals surface area (Å²) in [4.78, 5) is 16.9. The second kappa shape index (κ2) is 5.95. The minimum Gasteiger partial charge on any atom is -0.319 e. The number of amides is 1. The van der Waals surface area contributed by atoms with Gasteiger partial charge in [-0.05, 0) is 36.4 Å². The first kappa shape index (κ1) is 16.5. The average Bonchev–Trinajstić information content (AvgIpc) is 2.82. The molecule has 24 heavy (non-hydrogen) atoms. The van der Waals surface area contributed by atoms with Gasteiger partial charge < -0.3 is 4.57 Å². The number of hydrogen-bond acceptors (Lipinski definition) is 4. The summed E-state index contributed by atoms with van der Waals surface area (Å²) in [5.41, 5.74) is 0.944. The molecule has 0 saturated carbocycles. The molecule has 0 fully saturated rings. The molecule has 0 aliphatic carbocycles. The summed E-state index contributed by atoms with van der Waals surface area (Å²) in [6, 6.07) is 10.1. The van der Waals surface area contributed by atoms with Crippen molar-refractivity contribution < 1.29 is 17.6 Å². The first-order valence-electron chi connectivity index (χ1n) is 6.90. The molecule has 124 valence electrons. The molecule has 0 unspecified atom stereocenters. The van der Waals surface area contributed by atoms with Gasteiger partial charge in [0.25, 0.3) is 5.91 Å². The van der Waals surface area contributed by atoms with Crippen LogP contribution in [0.25, 0.3) is 10.2 Å². The summed E-state index contributed by atoms with van der Waals surface area (Å²) < 4.78 is 38.9. The molecule has 0 aliphatic rings. The highest BCUT2D eigenvalue weighted by atomic mass is 32.2. The lowest BCUT2D eigenvalue weighted by molar-refractivity contribution is 0.0997. The van der Waals surface area contributed by atoms with Crippen LogP contribution in [0.5, 0.6) is 0 Å². The molecule has 0 atom stereocenters. The number of sulfone groups is 1. The molecule has 0 spiro atoms. The molecule has 0 N–H and O–H groups in total. The highest BCUT2D eigenvalue weighted by molar-refractivity contribution is 7.90. The van der Waals surface area contributed by atoms with Crippen LogP contribution in [-0.4, -0.2) is 25.1 Å². The van der Waals surface area contributed by atoms with Gasteiger partial charge in [0, 0.05) is 18.9 Å². The molecular formula is C16H13FN2O3S2. The van der Waals surface area contributed by atoms with E-state index in [0.717, 1.165) is 11.8 Å². The zero-order valence-electron chi connectivity index (χ0n) is 12.9. The Hall–Kier alpha value is -2.32. The minimum atomic E-state index is -3.40. The largest absolute Gasteiger partial charge is 0.319 e. The Kier molecular flexibility index (Phi) is 4.10. The number of carbonyl (C=O) groups is 1. The fourth-order valence-electron chi connectivity index (χ4n) is 2.23. The minimum absolute atomic E-state index is 0.0614. The van der Waals surface area contributed by atoms with Crippen molar-refractivity contribution in [2.24, 2.45) is 12.0 Å². The zero-order valence-corrected chi connectivity index (χ0v) is 14.5. The van der Waals surface area contributed by atoms with E-state index < -0.39 is 15.7 Å². The van der Waals surface area contributed by atoms with Crippen LogP contribution in [0.4, 0.5) is 4.39 Å². The van der Waals surface area contributed by atoms with E-state index in [1.807, 2.05) is 0 Å².